The largest absolute Gasteiger partial charge is 0.395 e. The molecule has 0 saturated heterocycles. The normalized spacial score (nSPS) is 9.29. The first-order valence-electron chi connectivity index (χ1n) is 3.96. The van der Waals surface area contributed by atoms with E-state index in [1.165, 1.54) is 0 Å². The van der Waals surface area contributed by atoms with Gasteiger partial charge in [-0.15, -0.1) is 0 Å². The Hall–Kier alpha value is -1.87. The van der Waals surface area contributed by atoms with Gasteiger partial charge < -0.3 is 15.2 Å². The molecule has 0 amide bonds. The number of aromatic amines is 1. The van der Waals surface area contributed by atoms with Crippen LogP contribution in [0.3, 0.4) is 0 Å². The second-order valence-electron chi connectivity index (χ2n) is 2.55. The van der Waals surface area contributed by atoms with Gasteiger partial charge in [0.1, 0.15) is 0 Å². The summed E-state index contributed by atoms with van der Waals surface area (Å²) in [4.78, 5) is 16.3. The van der Waals surface area contributed by atoms with Crippen molar-refractivity contribution in [2.75, 3.05) is 6.61 Å². The first-order valence-corrected chi connectivity index (χ1v) is 3.96. The van der Waals surface area contributed by atoms with Crippen molar-refractivity contribution in [1.82, 2.24) is 9.97 Å². The lowest BCUT2D eigenvalue weighted by Crippen LogP contribution is -1.90. The molecule has 6 nitrogen and oxygen atoms in total. The molecule has 0 saturated carbocycles. The maximum Gasteiger partial charge on any atom is 0.356 e. The maximum atomic E-state index is 10.5. The minimum atomic E-state index is -0.567. The van der Waals surface area contributed by atoms with Gasteiger partial charge in [-0.2, -0.15) is 4.98 Å². The molecule has 6 heteroatoms. The van der Waals surface area contributed by atoms with Crippen LogP contribution >= 0.6 is 0 Å². The van der Waals surface area contributed by atoms with E-state index in [1.807, 2.05) is 0 Å². The van der Waals surface area contributed by atoms with Crippen LogP contribution in [0.5, 0.6) is 0 Å². The topological polar surface area (TPSA) is 92.1 Å². The average Bonchev–Trinajstić information content (AvgIpc) is 2.47. The Labute approximate surface area is 80.1 Å². The summed E-state index contributed by atoms with van der Waals surface area (Å²) in [6.07, 6.45) is 0.281. The van der Waals surface area contributed by atoms with Crippen molar-refractivity contribution < 1.29 is 10.0 Å². The van der Waals surface area contributed by atoms with E-state index in [0.717, 1.165) is 0 Å². The fourth-order valence-corrected chi connectivity index (χ4v) is 0.901. The van der Waals surface area contributed by atoms with Gasteiger partial charge in [0.2, 0.25) is 5.69 Å². The zero-order valence-corrected chi connectivity index (χ0v) is 7.57. The van der Waals surface area contributed by atoms with Gasteiger partial charge in [-0.05, 0) is 10.8 Å². The van der Waals surface area contributed by atoms with Crippen LogP contribution in [0.4, 0.5) is 5.82 Å². The second-order valence-corrected chi connectivity index (χ2v) is 2.55. The number of rotatable bonds is 2. The molecule has 1 aromatic heterocycles. The van der Waals surface area contributed by atoms with Crippen LogP contribution in [0.25, 0.3) is 0 Å². The lowest BCUT2D eigenvalue weighted by molar-refractivity contribution is -0.389. The molecule has 1 rings (SSSR count). The summed E-state index contributed by atoms with van der Waals surface area (Å²) in [7, 11) is 0. The molecule has 14 heavy (non-hydrogen) atoms. The van der Waals surface area contributed by atoms with Gasteiger partial charge in [0.05, 0.1) is 6.61 Å². The van der Waals surface area contributed by atoms with Gasteiger partial charge in [-0.1, -0.05) is 5.92 Å². The number of aryl methyl sites for hydroxylation is 1. The monoisotopic (exact) mass is 195 g/mol. The van der Waals surface area contributed by atoms with Gasteiger partial charge in [0, 0.05) is 13.3 Å². The number of aliphatic hydroxyl groups is 1. The second kappa shape index (κ2) is 4.39. The van der Waals surface area contributed by atoms with Crippen molar-refractivity contribution in [2.24, 2.45) is 0 Å². The molecular weight excluding hydrogens is 186 g/mol. The number of nitro groups is 1. The number of hydrogen-bond donors (Lipinski definition) is 2. The number of aromatic nitrogens is 2. The summed E-state index contributed by atoms with van der Waals surface area (Å²) in [6.45, 7) is 1.55. The SMILES string of the molecule is Cc1nc(C#CCCO)c([N+](=O)[O-])[nH]1. The van der Waals surface area contributed by atoms with Gasteiger partial charge in [-0.25, -0.2) is 4.98 Å². The fraction of sp³-hybridized carbons (Fsp3) is 0.375. The average molecular weight is 195 g/mol. The Morgan fingerprint density at radius 2 is 2.43 bits per heavy atom. The molecular formula is C8H9N3O3. The lowest BCUT2D eigenvalue weighted by Gasteiger charge is -1.88. The van der Waals surface area contributed by atoms with E-state index in [9.17, 15) is 10.1 Å². The quantitative estimate of drug-likeness (QED) is 0.405. The van der Waals surface area contributed by atoms with Crippen molar-refractivity contribution in [3.63, 3.8) is 0 Å². The summed E-state index contributed by atoms with van der Waals surface area (Å²) in [5.41, 5.74) is 0.112. The molecule has 0 aliphatic carbocycles. The highest BCUT2D eigenvalue weighted by Gasteiger charge is 2.15. The first-order chi connectivity index (χ1) is 6.65. The highest BCUT2D eigenvalue weighted by molar-refractivity contribution is 5.41. The highest BCUT2D eigenvalue weighted by Crippen LogP contribution is 2.12. The summed E-state index contributed by atoms with van der Waals surface area (Å²) in [6, 6.07) is 0. The van der Waals surface area contributed by atoms with Crippen molar-refractivity contribution in [3.05, 3.63) is 21.6 Å². The summed E-state index contributed by atoms with van der Waals surface area (Å²) < 4.78 is 0. The van der Waals surface area contributed by atoms with Crippen molar-refractivity contribution in [3.8, 4) is 11.8 Å². The van der Waals surface area contributed by atoms with E-state index in [2.05, 4.69) is 21.8 Å². The van der Waals surface area contributed by atoms with Crippen LogP contribution in [0.2, 0.25) is 0 Å². The van der Waals surface area contributed by atoms with Gasteiger partial charge in [0.25, 0.3) is 0 Å². The van der Waals surface area contributed by atoms with Gasteiger partial charge in [0.15, 0.2) is 5.82 Å². The lowest BCUT2D eigenvalue weighted by atomic mass is 10.4. The minimum absolute atomic E-state index is 0.0653. The van der Waals surface area contributed by atoms with Crippen LogP contribution in [-0.2, 0) is 0 Å². The first kappa shape index (κ1) is 10.2. The highest BCUT2D eigenvalue weighted by atomic mass is 16.6. The van der Waals surface area contributed by atoms with E-state index in [-0.39, 0.29) is 24.5 Å². The number of aliphatic hydroxyl groups excluding tert-OH is 1. The Morgan fingerprint density at radius 3 is 3.00 bits per heavy atom. The zero-order valence-electron chi connectivity index (χ0n) is 7.57. The Bertz CT molecular complexity index is 400. The number of nitrogens with one attached hydrogen (secondary N) is 1. The van der Waals surface area contributed by atoms with E-state index in [4.69, 9.17) is 5.11 Å². The molecule has 1 aromatic rings. The predicted molar refractivity (Wildman–Crippen MR) is 48.6 cm³/mol. The molecule has 0 aliphatic rings. The Morgan fingerprint density at radius 1 is 1.71 bits per heavy atom. The molecule has 74 valence electrons. The van der Waals surface area contributed by atoms with Crippen molar-refractivity contribution in [2.45, 2.75) is 13.3 Å². The molecule has 0 radical (unpaired) electrons. The van der Waals surface area contributed by atoms with E-state index >= 15 is 0 Å². The summed E-state index contributed by atoms with van der Waals surface area (Å²) in [5, 5.41) is 18.9. The number of H-pyrrole nitrogens is 1. The molecule has 0 bridgehead atoms. The van der Waals surface area contributed by atoms with Gasteiger partial charge in [-0.3, -0.25) is 0 Å². The fourth-order valence-electron chi connectivity index (χ4n) is 0.901. The third kappa shape index (κ3) is 2.31. The van der Waals surface area contributed by atoms with Crippen LogP contribution in [0.15, 0.2) is 0 Å². The standard InChI is InChI=1S/C8H9N3O3/c1-6-9-7(4-2-3-5-12)8(10-6)11(13)14/h12H,3,5H2,1H3,(H,9,10). The van der Waals surface area contributed by atoms with Crippen LogP contribution < -0.4 is 0 Å². The summed E-state index contributed by atoms with van der Waals surface area (Å²) in [5.74, 6) is 5.34. The van der Waals surface area contributed by atoms with E-state index in [1.54, 1.807) is 6.92 Å². The molecule has 0 aromatic carbocycles. The molecule has 0 spiro atoms. The van der Waals surface area contributed by atoms with Crippen LogP contribution in [0, 0.1) is 28.9 Å². The number of hydrogen-bond acceptors (Lipinski definition) is 4. The minimum Gasteiger partial charge on any atom is -0.395 e. The third-order valence-electron chi connectivity index (χ3n) is 1.43. The smallest absolute Gasteiger partial charge is 0.356 e. The van der Waals surface area contributed by atoms with Crippen LogP contribution in [0.1, 0.15) is 17.9 Å². The van der Waals surface area contributed by atoms with E-state index < -0.39 is 4.92 Å². The molecule has 2 N–H and O–H groups in total. The van der Waals surface area contributed by atoms with Crippen molar-refractivity contribution in [1.29, 1.82) is 0 Å². The zero-order chi connectivity index (χ0) is 10.6. The molecule has 0 atom stereocenters. The van der Waals surface area contributed by atoms with Crippen LogP contribution in [-0.4, -0.2) is 26.6 Å². The van der Waals surface area contributed by atoms with E-state index in [0.29, 0.717) is 5.82 Å². The van der Waals surface area contributed by atoms with Crippen molar-refractivity contribution >= 4 is 5.82 Å². The molecule has 0 unspecified atom stereocenters. The maximum absolute atomic E-state index is 10.5. The number of imidazole rings is 1. The Kier molecular flexibility index (Phi) is 3.20. The molecule has 0 aliphatic heterocycles. The Balaban J connectivity index is 2.97. The third-order valence-corrected chi connectivity index (χ3v) is 1.43. The predicted octanol–water partition coefficient (Wildman–Crippen LogP) is 0.360. The number of nitrogens with zero attached hydrogens (tertiary/aromatic N) is 2. The summed E-state index contributed by atoms with van der Waals surface area (Å²) >= 11 is 0. The molecule has 1 heterocycles. The molecule has 0 fully saturated rings. The van der Waals surface area contributed by atoms with Gasteiger partial charge >= 0.3 is 5.82 Å².